The van der Waals surface area contributed by atoms with Crippen LogP contribution < -0.4 is 0 Å². The number of allylic oxidation sites excluding steroid dienone is 3. The van der Waals surface area contributed by atoms with Crippen LogP contribution in [-0.4, -0.2) is 11.2 Å². The van der Waals surface area contributed by atoms with Gasteiger partial charge in [0.25, 0.3) is 0 Å². The molecule has 0 saturated carbocycles. The van der Waals surface area contributed by atoms with Crippen molar-refractivity contribution in [3.63, 3.8) is 0 Å². The molecular weight excluding hydrogens is 196 g/mol. The molecule has 0 bridgehead atoms. The molecule has 1 heteroatoms. The zero-order valence-electron chi connectivity index (χ0n) is 11.2. The fourth-order valence-electron chi connectivity index (χ4n) is 1.45. The van der Waals surface area contributed by atoms with Crippen molar-refractivity contribution in [3.05, 3.63) is 37.0 Å². The minimum atomic E-state index is -0.388. The molecule has 0 spiro atoms. The number of aliphatic hydroxyl groups excluding tert-OH is 1. The Balaban J connectivity index is 4.17. The predicted molar refractivity (Wildman–Crippen MR) is 72.3 cm³/mol. The van der Waals surface area contributed by atoms with Crippen LogP contribution in [0.3, 0.4) is 0 Å². The van der Waals surface area contributed by atoms with E-state index in [4.69, 9.17) is 0 Å². The summed E-state index contributed by atoms with van der Waals surface area (Å²) in [5, 5.41) is 9.59. The maximum absolute atomic E-state index is 9.59. The van der Waals surface area contributed by atoms with Crippen molar-refractivity contribution < 1.29 is 5.11 Å². The van der Waals surface area contributed by atoms with E-state index in [0.29, 0.717) is 0 Å². The maximum Gasteiger partial charge on any atom is 0.0743 e. The van der Waals surface area contributed by atoms with Gasteiger partial charge in [-0.05, 0) is 31.1 Å². The van der Waals surface area contributed by atoms with Crippen LogP contribution in [0, 0.1) is 11.3 Å². The van der Waals surface area contributed by atoms with Gasteiger partial charge < -0.3 is 5.11 Å². The first-order valence-electron chi connectivity index (χ1n) is 5.94. The molecule has 2 atom stereocenters. The first kappa shape index (κ1) is 15.2. The van der Waals surface area contributed by atoms with Gasteiger partial charge in [0.1, 0.15) is 0 Å². The molecule has 0 heterocycles. The van der Waals surface area contributed by atoms with Gasteiger partial charge in [-0.3, -0.25) is 0 Å². The maximum atomic E-state index is 9.59. The van der Waals surface area contributed by atoms with Gasteiger partial charge in [-0.1, -0.05) is 51.2 Å². The average molecular weight is 222 g/mol. The van der Waals surface area contributed by atoms with E-state index in [0.717, 1.165) is 18.4 Å². The summed E-state index contributed by atoms with van der Waals surface area (Å²) < 4.78 is 0. The van der Waals surface area contributed by atoms with E-state index in [2.05, 4.69) is 46.1 Å². The van der Waals surface area contributed by atoms with Crippen molar-refractivity contribution in [2.45, 2.75) is 46.6 Å². The summed E-state index contributed by atoms with van der Waals surface area (Å²) >= 11 is 0. The Morgan fingerprint density at radius 3 is 2.44 bits per heavy atom. The summed E-state index contributed by atoms with van der Waals surface area (Å²) in [6, 6.07) is 0. The normalized spacial score (nSPS) is 16.1. The highest BCUT2D eigenvalue weighted by molar-refractivity contribution is 5.13. The Labute approximate surface area is 101 Å². The van der Waals surface area contributed by atoms with E-state index in [1.807, 2.05) is 6.92 Å². The van der Waals surface area contributed by atoms with Crippen LogP contribution in [0.1, 0.15) is 40.5 Å². The Morgan fingerprint density at radius 1 is 1.44 bits per heavy atom. The van der Waals surface area contributed by atoms with E-state index in [-0.39, 0.29) is 17.4 Å². The summed E-state index contributed by atoms with van der Waals surface area (Å²) in [6.45, 7) is 15.9. The Hall–Kier alpha value is -0.820. The van der Waals surface area contributed by atoms with E-state index in [1.165, 1.54) is 0 Å². The number of hydrogen-bond acceptors (Lipinski definition) is 1. The van der Waals surface area contributed by atoms with Gasteiger partial charge in [0, 0.05) is 0 Å². The zero-order valence-corrected chi connectivity index (χ0v) is 11.2. The van der Waals surface area contributed by atoms with Gasteiger partial charge in [-0.25, -0.2) is 0 Å². The van der Waals surface area contributed by atoms with Crippen LogP contribution in [0.25, 0.3) is 0 Å². The lowest BCUT2D eigenvalue weighted by Crippen LogP contribution is -2.17. The second-order valence-corrected chi connectivity index (χ2v) is 5.41. The summed E-state index contributed by atoms with van der Waals surface area (Å²) in [6.07, 6.45) is 7.54. The predicted octanol–water partition coefficient (Wildman–Crippen LogP) is 4.11. The molecule has 0 aromatic carbocycles. The first-order valence-corrected chi connectivity index (χ1v) is 5.94. The van der Waals surface area contributed by atoms with Gasteiger partial charge in [-0.15, -0.1) is 6.58 Å². The van der Waals surface area contributed by atoms with E-state index in [1.54, 1.807) is 6.08 Å². The third-order valence-corrected chi connectivity index (χ3v) is 2.89. The van der Waals surface area contributed by atoms with Crippen molar-refractivity contribution in [2.24, 2.45) is 11.3 Å². The van der Waals surface area contributed by atoms with Crippen LogP contribution in [0.5, 0.6) is 0 Å². The standard InChI is InChI=1S/C15H26O/c1-7-14(16)13(4)9-11-15(5,6)10-8-12(2)3/h7-8,10,13-14,16H,1-2,9,11H2,3-6H3/b10-8+/t13-,14?/m1/s1. The molecule has 1 nitrogen and oxygen atoms in total. The molecule has 0 saturated heterocycles. The van der Waals surface area contributed by atoms with Crippen molar-refractivity contribution in [1.29, 1.82) is 0 Å². The van der Waals surface area contributed by atoms with Gasteiger partial charge in [0.2, 0.25) is 0 Å². The SMILES string of the molecule is C=CC(O)[C@H](C)CCC(C)(C)/C=C/C(=C)C. The van der Waals surface area contributed by atoms with Crippen molar-refractivity contribution >= 4 is 0 Å². The van der Waals surface area contributed by atoms with Crippen LogP contribution in [0.2, 0.25) is 0 Å². The van der Waals surface area contributed by atoms with Crippen molar-refractivity contribution in [3.8, 4) is 0 Å². The Kier molecular flexibility index (Phi) is 6.35. The van der Waals surface area contributed by atoms with Crippen LogP contribution in [0.15, 0.2) is 37.0 Å². The highest BCUT2D eigenvalue weighted by Gasteiger charge is 2.17. The zero-order chi connectivity index (χ0) is 12.8. The monoisotopic (exact) mass is 222 g/mol. The molecule has 1 unspecified atom stereocenters. The summed E-state index contributed by atoms with van der Waals surface area (Å²) in [5.41, 5.74) is 1.24. The van der Waals surface area contributed by atoms with Crippen LogP contribution in [-0.2, 0) is 0 Å². The molecule has 0 aliphatic heterocycles. The summed E-state index contributed by atoms with van der Waals surface area (Å²) in [4.78, 5) is 0. The number of rotatable bonds is 7. The van der Waals surface area contributed by atoms with E-state index in [9.17, 15) is 5.11 Å². The summed E-state index contributed by atoms with van der Waals surface area (Å²) in [5.74, 6) is 0.273. The van der Waals surface area contributed by atoms with Gasteiger partial charge in [0.15, 0.2) is 0 Å². The third kappa shape index (κ3) is 6.62. The third-order valence-electron chi connectivity index (χ3n) is 2.89. The second-order valence-electron chi connectivity index (χ2n) is 5.41. The lowest BCUT2D eigenvalue weighted by atomic mass is 9.83. The minimum Gasteiger partial charge on any atom is -0.389 e. The molecular formula is C15H26O. The molecule has 0 amide bonds. The Morgan fingerprint density at radius 2 is 2.00 bits per heavy atom. The molecule has 0 fully saturated rings. The smallest absolute Gasteiger partial charge is 0.0743 e. The van der Waals surface area contributed by atoms with Gasteiger partial charge in [-0.2, -0.15) is 0 Å². The first-order chi connectivity index (χ1) is 7.28. The largest absolute Gasteiger partial charge is 0.389 e. The molecule has 0 aliphatic rings. The average Bonchev–Trinajstić information content (AvgIpc) is 2.22. The minimum absolute atomic E-state index is 0.161. The highest BCUT2D eigenvalue weighted by Crippen LogP contribution is 2.27. The molecule has 1 N–H and O–H groups in total. The number of aliphatic hydroxyl groups is 1. The van der Waals surface area contributed by atoms with Crippen molar-refractivity contribution in [2.75, 3.05) is 0 Å². The van der Waals surface area contributed by atoms with Crippen molar-refractivity contribution in [1.82, 2.24) is 0 Å². The molecule has 0 radical (unpaired) electrons. The highest BCUT2D eigenvalue weighted by atomic mass is 16.3. The van der Waals surface area contributed by atoms with Gasteiger partial charge in [0.05, 0.1) is 6.10 Å². The lowest BCUT2D eigenvalue weighted by molar-refractivity contribution is 0.149. The Bertz CT molecular complexity index is 261. The second kappa shape index (κ2) is 6.70. The van der Waals surface area contributed by atoms with Crippen LogP contribution >= 0.6 is 0 Å². The number of hydrogen-bond donors (Lipinski definition) is 1. The topological polar surface area (TPSA) is 20.2 Å². The van der Waals surface area contributed by atoms with Crippen LogP contribution in [0.4, 0.5) is 0 Å². The molecule has 0 rings (SSSR count). The van der Waals surface area contributed by atoms with E-state index >= 15 is 0 Å². The fraction of sp³-hybridized carbons (Fsp3) is 0.600. The lowest BCUT2D eigenvalue weighted by Gasteiger charge is -2.24. The summed E-state index contributed by atoms with van der Waals surface area (Å²) in [7, 11) is 0. The quantitative estimate of drug-likeness (QED) is 0.508. The molecule has 16 heavy (non-hydrogen) atoms. The fourth-order valence-corrected chi connectivity index (χ4v) is 1.45. The molecule has 92 valence electrons. The molecule has 0 aromatic rings. The van der Waals surface area contributed by atoms with Gasteiger partial charge >= 0.3 is 0 Å². The molecule has 0 aromatic heterocycles. The van der Waals surface area contributed by atoms with E-state index < -0.39 is 0 Å². The molecule has 0 aliphatic carbocycles.